The van der Waals surface area contributed by atoms with E-state index in [9.17, 15) is 17.6 Å². The second-order valence-corrected chi connectivity index (χ2v) is 9.41. The lowest BCUT2D eigenvalue weighted by molar-refractivity contribution is 0.0950. The largest absolute Gasteiger partial charge is 0.349 e. The van der Waals surface area contributed by atoms with Gasteiger partial charge < -0.3 is 5.32 Å². The minimum absolute atomic E-state index is 0.0587. The topological polar surface area (TPSA) is 66.5 Å². The maximum absolute atomic E-state index is 13.4. The first-order chi connectivity index (χ1) is 13.4. The summed E-state index contributed by atoms with van der Waals surface area (Å²) in [6.07, 6.45) is 3.52. The molecule has 5 nitrogen and oxygen atoms in total. The molecule has 0 bridgehead atoms. The van der Waals surface area contributed by atoms with Crippen molar-refractivity contribution in [3.63, 3.8) is 0 Å². The number of benzene rings is 2. The molecular weight excluding hydrogens is 379 g/mol. The third kappa shape index (κ3) is 3.95. The van der Waals surface area contributed by atoms with E-state index in [0.29, 0.717) is 18.7 Å². The Morgan fingerprint density at radius 3 is 2.54 bits per heavy atom. The van der Waals surface area contributed by atoms with E-state index in [1.165, 1.54) is 28.6 Å². The van der Waals surface area contributed by atoms with Crippen LogP contribution >= 0.6 is 0 Å². The van der Waals surface area contributed by atoms with Gasteiger partial charge in [0.15, 0.2) is 0 Å². The van der Waals surface area contributed by atoms with Crippen LogP contribution in [0.1, 0.15) is 47.5 Å². The van der Waals surface area contributed by atoms with Gasteiger partial charge in [-0.05, 0) is 55.2 Å². The molecule has 1 amide bonds. The highest BCUT2D eigenvalue weighted by atomic mass is 32.2. The second kappa shape index (κ2) is 7.64. The highest BCUT2D eigenvalue weighted by molar-refractivity contribution is 7.89. The number of nitrogens with one attached hydrogen (secondary N) is 1. The molecule has 2 atom stereocenters. The molecule has 1 aliphatic heterocycles. The van der Waals surface area contributed by atoms with Gasteiger partial charge in [-0.15, -0.1) is 0 Å². The first-order valence-corrected chi connectivity index (χ1v) is 11.1. The summed E-state index contributed by atoms with van der Waals surface area (Å²) < 4.78 is 40.5. The van der Waals surface area contributed by atoms with E-state index in [-0.39, 0.29) is 28.6 Å². The van der Waals surface area contributed by atoms with Crippen molar-refractivity contribution < 1.29 is 17.6 Å². The fourth-order valence-corrected chi connectivity index (χ4v) is 5.33. The predicted molar refractivity (Wildman–Crippen MR) is 104 cm³/mol. The van der Waals surface area contributed by atoms with Gasteiger partial charge in [0.05, 0.1) is 4.90 Å². The lowest BCUT2D eigenvalue weighted by atomic mass is 10.1. The minimum Gasteiger partial charge on any atom is -0.349 e. The number of piperidine rings is 1. The molecule has 1 aliphatic carbocycles. The van der Waals surface area contributed by atoms with Crippen molar-refractivity contribution in [2.75, 3.05) is 13.1 Å². The molecular formula is C21H23FN2O3S. The smallest absolute Gasteiger partial charge is 0.251 e. The Balaban J connectivity index is 1.45. The molecule has 28 heavy (non-hydrogen) atoms. The number of amides is 1. The lowest BCUT2D eigenvalue weighted by Gasteiger charge is -2.26. The second-order valence-electron chi connectivity index (χ2n) is 7.47. The standard InChI is InChI=1S/C21H23FN2O3S/c22-17-8-4-6-15(12-17)19-14-20(19)23-21(25)16-7-5-9-18(13-16)28(26,27)24-10-2-1-3-11-24/h4-9,12-13,19-20H,1-3,10-11,14H2,(H,23,25). The van der Waals surface area contributed by atoms with E-state index in [0.717, 1.165) is 31.2 Å². The van der Waals surface area contributed by atoms with Gasteiger partial charge >= 0.3 is 0 Å². The van der Waals surface area contributed by atoms with E-state index in [1.807, 2.05) is 6.07 Å². The van der Waals surface area contributed by atoms with E-state index in [2.05, 4.69) is 5.32 Å². The fourth-order valence-electron chi connectivity index (χ4n) is 3.76. The lowest BCUT2D eigenvalue weighted by Crippen LogP contribution is -2.35. The van der Waals surface area contributed by atoms with Crippen LogP contribution in [0.25, 0.3) is 0 Å². The summed E-state index contributed by atoms with van der Waals surface area (Å²) in [6, 6.07) is 12.5. The number of rotatable bonds is 5. The minimum atomic E-state index is -3.58. The molecule has 0 radical (unpaired) electrons. The zero-order chi connectivity index (χ0) is 19.7. The SMILES string of the molecule is O=C(NC1CC1c1cccc(F)c1)c1cccc(S(=O)(=O)N2CCCCC2)c1. The van der Waals surface area contributed by atoms with E-state index < -0.39 is 10.0 Å². The van der Waals surface area contributed by atoms with Crippen LogP contribution in [0.2, 0.25) is 0 Å². The molecule has 7 heteroatoms. The summed E-state index contributed by atoms with van der Waals surface area (Å²) in [5, 5.41) is 2.93. The highest BCUT2D eigenvalue weighted by Crippen LogP contribution is 2.41. The molecule has 2 aliphatic rings. The summed E-state index contributed by atoms with van der Waals surface area (Å²) in [6.45, 7) is 1.05. The Kier molecular flexibility index (Phi) is 5.21. The zero-order valence-corrected chi connectivity index (χ0v) is 16.3. The summed E-state index contributed by atoms with van der Waals surface area (Å²) in [7, 11) is -3.58. The van der Waals surface area contributed by atoms with Crippen LogP contribution in [-0.4, -0.2) is 37.8 Å². The molecule has 0 aromatic heterocycles. The predicted octanol–water partition coefficient (Wildman–Crippen LogP) is 3.29. The van der Waals surface area contributed by atoms with Crippen LogP contribution in [0.4, 0.5) is 4.39 Å². The average Bonchev–Trinajstić information content (AvgIpc) is 3.48. The van der Waals surface area contributed by atoms with Crippen LogP contribution in [0.5, 0.6) is 0 Å². The van der Waals surface area contributed by atoms with Crippen molar-refractivity contribution in [1.29, 1.82) is 0 Å². The van der Waals surface area contributed by atoms with Crippen LogP contribution in [0, 0.1) is 5.82 Å². The van der Waals surface area contributed by atoms with E-state index >= 15 is 0 Å². The Morgan fingerprint density at radius 2 is 1.79 bits per heavy atom. The third-order valence-corrected chi connectivity index (χ3v) is 7.33. The van der Waals surface area contributed by atoms with Crippen LogP contribution in [0.3, 0.4) is 0 Å². The van der Waals surface area contributed by atoms with Crippen molar-refractivity contribution in [1.82, 2.24) is 9.62 Å². The number of hydrogen-bond donors (Lipinski definition) is 1. The molecule has 2 aromatic rings. The highest BCUT2D eigenvalue weighted by Gasteiger charge is 2.39. The van der Waals surface area contributed by atoms with E-state index in [4.69, 9.17) is 0 Å². The number of sulfonamides is 1. The first-order valence-electron chi connectivity index (χ1n) is 9.62. The van der Waals surface area contributed by atoms with Gasteiger partial charge in [0.2, 0.25) is 10.0 Å². The molecule has 2 unspecified atom stereocenters. The van der Waals surface area contributed by atoms with Gasteiger partial charge in [0, 0.05) is 30.6 Å². The van der Waals surface area contributed by atoms with Gasteiger partial charge in [-0.2, -0.15) is 4.31 Å². The molecule has 1 saturated heterocycles. The number of carbonyl (C=O) groups excluding carboxylic acids is 1. The number of hydrogen-bond acceptors (Lipinski definition) is 3. The Labute approximate surface area is 164 Å². The third-order valence-electron chi connectivity index (χ3n) is 5.43. The van der Waals surface area contributed by atoms with Gasteiger partial charge in [0.25, 0.3) is 5.91 Å². The molecule has 148 valence electrons. The fraction of sp³-hybridized carbons (Fsp3) is 0.381. The molecule has 4 rings (SSSR count). The van der Waals surface area contributed by atoms with Crippen LogP contribution in [-0.2, 0) is 10.0 Å². The zero-order valence-electron chi connectivity index (χ0n) is 15.5. The van der Waals surface area contributed by atoms with Crippen LogP contribution in [0.15, 0.2) is 53.4 Å². The van der Waals surface area contributed by atoms with Crippen molar-refractivity contribution in [3.05, 3.63) is 65.5 Å². The Bertz CT molecular complexity index is 987. The molecule has 1 saturated carbocycles. The van der Waals surface area contributed by atoms with Crippen LogP contribution < -0.4 is 5.32 Å². The summed E-state index contributed by atoms with van der Waals surface area (Å²) >= 11 is 0. The number of halogens is 1. The molecule has 0 spiro atoms. The summed E-state index contributed by atoms with van der Waals surface area (Å²) in [5.74, 6) is -0.496. The summed E-state index contributed by atoms with van der Waals surface area (Å²) in [5.41, 5.74) is 1.19. The molecule has 1 heterocycles. The van der Waals surface area contributed by atoms with Gasteiger partial charge in [-0.25, -0.2) is 12.8 Å². The van der Waals surface area contributed by atoms with Gasteiger partial charge in [-0.1, -0.05) is 24.6 Å². The van der Waals surface area contributed by atoms with Crippen molar-refractivity contribution in [2.45, 2.75) is 42.5 Å². The first kappa shape index (κ1) is 19.1. The van der Waals surface area contributed by atoms with Crippen molar-refractivity contribution in [2.24, 2.45) is 0 Å². The monoisotopic (exact) mass is 402 g/mol. The molecule has 2 aromatic carbocycles. The molecule has 1 N–H and O–H groups in total. The van der Waals surface area contributed by atoms with Gasteiger partial charge in [0.1, 0.15) is 5.82 Å². The number of nitrogens with zero attached hydrogens (tertiary/aromatic N) is 1. The maximum Gasteiger partial charge on any atom is 0.251 e. The van der Waals surface area contributed by atoms with Crippen molar-refractivity contribution >= 4 is 15.9 Å². The quantitative estimate of drug-likeness (QED) is 0.835. The summed E-state index contributed by atoms with van der Waals surface area (Å²) in [4.78, 5) is 12.8. The maximum atomic E-state index is 13.4. The average molecular weight is 402 g/mol. The van der Waals surface area contributed by atoms with Crippen molar-refractivity contribution in [3.8, 4) is 0 Å². The van der Waals surface area contributed by atoms with E-state index in [1.54, 1.807) is 18.2 Å². The molecule has 2 fully saturated rings. The normalized spacial score (nSPS) is 22.6. The Morgan fingerprint density at radius 1 is 1.04 bits per heavy atom. The Hall–Kier alpha value is -2.25. The van der Waals surface area contributed by atoms with Gasteiger partial charge in [-0.3, -0.25) is 4.79 Å². The number of carbonyl (C=O) groups is 1.